The van der Waals surface area contributed by atoms with Crippen molar-refractivity contribution >= 4 is 17.5 Å². The molecule has 1 unspecified atom stereocenters. The van der Waals surface area contributed by atoms with Crippen molar-refractivity contribution in [1.29, 1.82) is 0 Å². The van der Waals surface area contributed by atoms with Crippen molar-refractivity contribution in [3.05, 3.63) is 29.8 Å². The van der Waals surface area contributed by atoms with Gasteiger partial charge in [0.05, 0.1) is 12.6 Å². The van der Waals surface area contributed by atoms with Crippen LogP contribution in [-0.2, 0) is 16.1 Å². The van der Waals surface area contributed by atoms with Crippen LogP contribution < -0.4 is 16.4 Å². The predicted octanol–water partition coefficient (Wildman–Crippen LogP) is 0.540. The summed E-state index contributed by atoms with van der Waals surface area (Å²) >= 11 is 0. The summed E-state index contributed by atoms with van der Waals surface area (Å²) in [5, 5.41) is 5.56. The van der Waals surface area contributed by atoms with Gasteiger partial charge in [-0.15, -0.1) is 0 Å². The van der Waals surface area contributed by atoms with Gasteiger partial charge in [0, 0.05) is 18.8 Å². The highest BCUT2D eigenvalue weighted by atomic mass is 16.2. The molecule has 0 aliphatic rings. The van der Waals surface area contributed by atoms with Crippen molar-refractivity contribution in [2.75, 3.05) is 25.5 Å². The maximum absolute atomic E-state index is 12.2. The van der Waals surface area contributed by atoms with E-state index in [4.69, 9.17) is 5.73 Å². The average molecular weight is 292 g/mol. The summed E-state index contributed by atoms with van der Waals surface area (Å²) in [5.41, 5.74) is 7.24. The molecule has 116 valence electrons. The van der Waals surface area contributed by atoms with Gasteiger partial charge in [-0.25, -0.2) is 0 Å². The predicted molar refractivity (Wildman–Crippen MR) is 83.7 cm³/mol. The van der Waals surface area contributed by atoms with E-state index in [-0.39, 0.29) is 18.4 Å². The number of amides is 2. The Morgan fingerprint density at radius 2 is 2.00 bits per heavy atom. The van der Waals surface area contributed by atoms with E-state index >= 15 is 0 Å². The summed E-state index contributed by atoms with van der Waals surface area (Å²) in [4.78, 5) is 25.5. The van der Waals surface area contributed by atoms with Gasteiger partial charge in [0.1, 0.15) is 0 Å². The molecular formula is C15H24N4O2. The van der Waals surface area contributed by atoms with E-state index in [1.54, 1.807) is 18.9 Å². The van der Waals surface area contributed by atoms with E-state index in [9.17, 15) is 9.59 Å². The number of nitrogens with one attached hydrogen (secondary N) is 2. The van der Waals surface area contributed by atoms with Crippen molar-refractivity contribution in [2.24, 2.45) is 5.73 Å². The van der Waals surface area contributed by atoms with Crippen molar-refractivity contribution in [2.45, 2.75) is 26.4 Å². The number of benzene rings is 1. The van der Waals surface area contributed by atoms with Crippen LogP contribution in [0, 0.1) is 0 Å². The first kappa shape index (κ1) is 17.1. The number of likely N-dealkylation sites (N-methyl/N-ethyl adjacent to an activating group) is 2. The first-order valence-corrected chi connectivity index (χ1v) is 7.05. The zero-order valence-corrected chi connectivity index (χ0v) is 12.8. The molecule has 0 heterocycles. The molecule has 0 saturated carbocycles. The molecule has 0 aliphatic heterocycles. The van der Waals surface area contributed by atoms with E-state index in [1.807, 2.05) is 31.2 Å². The van der Waals surface area contributed by atoms with Crippen LogP contribution in [0.4, 0.5) is 5.69 Å². The number of para-hydroxylation sites is 1. The summed E-state index contributed by atoms with van der Waals surface area (Å²) in [6.07, 6.45) is 0. The Balaban J connectivity index is 2.63. The van der Waals surface area contributed by atoms with Gasteiger partial charge in [0.25, 0.3) is 0 Å². The van der Waals surface area contributed by atoms with Crippen LogP contribution in [0.2, 0.25) is 0 Å². The highest BCUT2D eigenvalue weighted by molar-refractivity contribution is 5.95. The van der Waals surface area contributed by atoms with Crippen LogP contribution in [0.3, 0.4) is 0 Å². The first-order valence-electron chi connectivity index (χ1n) is 7.05. The molecule has 4 N–H and O–H groups in total. The third-order valence-corrected chi connectivity index (χ3v) is 3.30. The minimum Gasteiger partial charge on any atom is -0.355 e. The monoisotopic (exact) mass is 292 g/mol. The van der Waals surface area contributed by atoms with Gasteiger partial charge in [0.15, 0.2) is 0 Å². The second-order valence-electron chi connectivity index (χ2n) is 4.90. The van der Waals surface area contributed by atoms with Crippen molar-refractivity contribution < 1.29 is 9.59 Å². The Hall–Kier alpha value is -1.92. The molecule has 2 amide bonds. The van der Waals surface area contributed by atoms with Crippen molar-refractivity contribution in [1.82, 2.24) is 10.2 Å². The Kier molecular flexibility index (Phi) is 6.84. The topological polar surface area (TPSA) is 87.5 Å². The quantitative estimate of drug-likeness (QED) is 0.684. The summed E-state index contributed by atoms with van der Waals surface area (Å²) in [7, 11) is 1.74. The van der Waals surface area contributed by atoms with Crippen molar-refractivity contribution in [3.8, 4) is 0 Å². The van der Waals surface area contributed by atoms with Crippen LogP contribution >= 0.6 is 0 Å². The standard InChI is InChI=1S/C15H24N4O2/c1-4-17-14(20)10-19(3)11(2)15(21)18-13-8-6-5-7-12(13)9-16/h5-8,11H,4,9-10,16H2,1-3H3,(H,17,20)(H,18,21). The Morgan fingerprint density at radius 1 is 1.33 bits per heavy atom. The van der Waals surface area contributed by atoms with Gasteiger partial charge in [-0.3, -0.25) is 14.5 Å². The fraction of sp³-hybridized carbons (Fsp3) is 0.467. The lowest BCUT2D eigenvalue weighted by molar-refractivity contribution is -0.124. The molecule has 0 aliphatic carbocycles. The zero-order valence-electron chi connectivity index (χ0n) is 12.8. The lowest BCUT2D eigenvalue weighted by atomic mass is 10.1. The first-order chi connectivity index (χ1) is 9.99. The highest BCUT2D eigenvalue weighted by Gasteiger charge is 2.20. The smallest absolute Gasteiger partial charge is 0.241 e. The second kappa shape index (κ2) is 8.39. The number of carbonyl (C=O) groups excluding carboxylic acids is 2. The second-order valence-corrected chi connectivity index (χ2v) is 4.90. The van der Waals surface area contributed by atoms with E-state index in [2.05, 4.69) is 10.6 Å². The molecule has 1 aromatic carbocycles. The summed E-state index contributed by atoms with van der Waals surface area (Å²) in [6.45, 7) is 4.75. The van der Waals surface area contributed by atoms with E-state index < -0.39 is 6.04 Å². The molecule has 0 aromatic heterocycles. The SMILES string of the molecule is CCNC(=O)CN(C)C(C)C(=O)Nc1ccccc1CN. The number of hydrogen-bond acceptors (Lipinski definition) is 4. The zero-order chi connectivity index (χ0) is 15.8. The number of nitrogens with zero attached hydrogens (tertiary/aromatic N) is 1. The Bertz CT molecular complexity index is 490. The van der Waals surface area contributed by atoms with Crippen LogP contribution in [0.25, 0.3) is 0 Å². The molecule has 21 heavy (non-hydrogen) atoms. The minimum absolute atomic E-state index is 0.0954. The molecule has 1 rings (SSSR count). The lowest BCUT2D eigenvalue weighted by Crippen LogP contribution is -2.44. The third kappa shape index (κ3) is 5.17. The molecular weight excluding hydrogens is 268 g/mol. The number of nitrogens with two attached hydrogens (primary N) is 1. The molecule has 0 fully saturated rings. The van der Waals surface area contributed by atoms with Gasteiger partial charge in [-0.2, -0.15) is 0 Å². The molecule has 1 atom stereocenters. The number of rotatable bonds is 7. The van der Waals surface area contributed by atoms with Gasteiger partial charge < -0.3 is 16.4 Å². The van der Waals surface area contributed by atoms with Crippen LogP contribution in [0.15, 0.2) is 24.3 Å². The summed E-state index contributed by atoms with van der Waals surface area (Å²) in [5.74, 6) is -0.260. The van der Waals surface area contributed by atoms with Gasteiger partial charge in [0.2, 0.25) is 11.8 Å². The third-order valence-electron chi connectivity index (χ3n) is 3.30. The van der Waals surface area contributed by atoms with Crippen molar-refractivity contribution in [3.63, 3.8) is 0 Å². The van der Waals surface area contributed by atoms with Gasteiger partial charge >= 0.3 is 0 Å². The molecule has 6 nitrogen and oxygen atoms in total. The molecule has 0 saturated heterocycles. The fourth-order valence-corrected chi connectivity index (χ4v) is 1.87. The normalized spacial score (nSPS) is 12.0. The maximum Gasteiger partial charge on any atom is 0.241 e. The maximum atomic E-state index is 12.2. The number of hydrogen-bond donors (Lipinski definition) is 3. The Labute approximate surface area is 125 Å². The van der Waals surface area contributed by atoms with Gasteiger partial charge in [-0.1, -0.05) is 18.2 Å². The van der Waals surface area contributed by atoms with Crippen LogP contribution in [0.1, 0.15) is 19.4 Å². The largest absolute Gasteiger partial charge is 0.355 e. The van der Waals surface area contributed by atoms with E-state index in [0.717, 1.165) is 5.56 Å². The fourth-order valence-electron chi connectivity index (χ4n) is 1.87. The molecule has 1 aromatic rings. The molecule has 6 heteroatoms. The summed E-state index contributed by atoms with van der Waals surface area (Å²) < 4.78 is 0. The van der Waals surface area contributed by atoms with Crippen LogP contribution in [0.5, 0.6) is 0 Å². The lowest BCUT2D eigenvalue weighted by Gasteiger charge is -2.23. The van der Waals surface area contributed by atoms with Gasteiger partial charge in [-0.05, 0) is 32.5 Å². The van der Waals surface area contributed by atoms with E-state index in [0.29, 0.717) is 18.8 Å². The molecule has 0 spiro atoms. The Morgan fingerprint density at radius 3 is 2.62 bits per heavy atom. The van der Waals surface area contributed by atoms with E-state index in [1.165, 1.54) is 0 Å². The summed E-state index contributed by atoms with van der Waals surface area (Å²) in [6, 6.07) is 6.99. The molecule has 0 bridgehead atoms. The van der Waals surface area contributed by atoms with Crippen LogP contribution in [-0.4, -0.2) is 42.9 Å². The number of carbonyl (C=O) groups is 2. The number of anilines is 1. The average Bonchev–Trinajstić information content (AvgIpc) is 2.47. The minimum atomic E-state index is -0.418. The molecule has 0 radical (unpaired) electrons. The highest BCUT2D eigenvalue weighted by Crippen LogP contribution is 2.14.